The zero-order valence-electron chi connectivity index (χ0n) is 19.4. The molecule has 1 heterocycles. The first-order valence-corrected chi connectivity index (χ1v) is 11.4. The minimum Gasteiger partial charge on any atom is -0.494 e. The first-order chi connectivity index (χ1) is 15.5. The molecule has 0 radical (unpaired) electrons. The molecule has 0 aromatic heterocycles. The monoisotopic (exact) mass is 441 g/mol. The van der Waals surface area contributed by atoms with Gasteiger partial charge in [0.05, 0.1) is 26.9 Å². The van der Waals surface area contributed by atoms with Crippen molar-refractivity contribution in [2.24, 2.45) is 5.92 Å². The fourth-order valence-electron chi connectivity index (χ4n) is 4.28. The number of ether oxygens (including phenoxy) is 3. The lowest BCUT2D eigenvalue weighted by Gasteiger charge is -2.28. The summed E-state index contributed by atoms with van der Waals surface area (Å²) >= 11 is 0. The lowest BCUT2D eigenvalue weighted by molar-refractivity contribution is 0.0755. The molecule has 2 aromatic rings. The van der Waals surface area contributed by atoms with Gasteiger partial charge in [-0.2, -0.15) is 0 Å². The van der Waals surface area contributed by atoms with Gasteiger partial charge in [0.25, 0.3) is 0 Å². The summed E-state index contributed by atoms with van der Waals surface area (Å²) in [6.07, 6.45) is 3.52. The summed E-state index contributed by atoms with van der Waals surface area (Å²) in [5, 5.41) is 11.2. The van der Waals surface area contributed by atoms with E-state index < -0.39 is 6.10 Å². The Morgan fingerprint density at radius 3 is 2.34 bits per heavy atom. The number of carbonyl (C=O) groups excluding carboxylic acids is 1. The molecule has 1 N–H and O–H groups in total. The molecule has 2 aromatic carbocycles. The molecule has 0 saturated carbocycles. The van der Waals surface area contributed by atoms with Crippen LogP contribution >= 0.6 is 0 Å². The molecular weight excluding hydrogens is 406 g/mol. The van der Waals surface area contributed by atoms with Crippen molar-refractivity contribution in [1.29, 1.82) is 0 Å². The Morgan fingerprint density at radius 1 is 1.03 bits per heavy atom. The number of nitrogens with zero attached hydrogens (tertiary/aromatic N) is 1. The van der Waals surface area contributed by atoms with Gasteiger partial charge in [0.2, 0.25) is 0 Å². The highest BCUT2D eigenvalue weighted by Gasteiger charge is 2.25. The highest BCUT2D eigenvalue weighted by atomic mass is 16.5. The maximum absolute atomic E-state index is 11.4. The Morgan fingerprint density at radius 2 is 1.72 bits per heavy atom. The van der Waals surface area contributed by atoms with Gasteiger partial charge >= 0.3 is 0 Å². The Bertz CT molecular complexity index is 861. The van der Waals surface area contributed by atoms with Crippen LogP contribution in [0.5, 0.6) is 17.2 Å². The number of aliphatic hydroxyl groups excluding tert-OH is 1. The van der Waals surface area contributed by atoms with Gasteiger partial charge in [-0.15, -0.1) is 0 Å². The third-order valence-corrected chi connectivity index (χ3v) is 6.14. The van der Waals surface area contributed by atoms with Crippen molar-refractivity contribution < 1.29 is 24.1 Å². The second-order valence-electron chi connectivity index (χ2n) is 8.40. The van der Waals surface area contributed by atoms with Crippen LogP contribution in [0, 0.1) is 5.92 Å². The molecule has 32 heavy (non-hydrogen) atoms. The predicted molar refractivity (Wildman–Crippen MR) is 125 cm³/mol. The highest BCUT2D eigenvalue weighted by Crippen LogP contribution is 2.34. The zero-order valence-corrected chi connectivity index (χ0v) is 19.4. The van der Waals surface area contributed by atoms with Crippen LogP contribution < -0.4 is 14.2 Å². The summed E-state index contributed by atoms with van der Waals surface area (Å²) in [5.41, 5.74) is 1.52. The van der Waals surface area contributed by atoms with Gasteiger partial charge in [-0.3, -0.25) is 4.79 Å². The topological polar surface area (TPSA) is 68.2 Å². The normalized spacial score (nSPS) is 15.9. The summed E-state index contributed by atoms with van der Waals surface area (Å²) in [5.74, 6) is 2.18. The van der Waals surface area contributed by atoms with E-state index in [4.69, 9.17) is 14.2 Å². The molecule has 174 valence electrons. The molecule has 2 unspecified atom stereocenters. The Balaban J connectivity index is 1.61. The maximum atomic E-state index is 11.4. The number of likely N-dealkylation sites (tertiary alicyclic amines) is 1. The van der Waals surface area contributed by atoms with E-state index in [1.807, 2.05) is 30.3 Å². The van der Waals surface area contributed by atoms with E-state index in [-0.39, 0.29) is 11.7 Å². The largest absolute Gasteiger partial charge is 0.494 e. The van der Waals surface area contributed by atoms with E-state index in [1.54, 1.807) is 33.3 Å². The smallest absolute Gasteiger partial charge is 0.161 e. The molecule has 1 aliphatic rings. The van der Waals surface area contributed by atoms with Gasteiger partial charge in [-0.1, -0.05) is 6.07 Å². The first kappa shape index (κ1) is 24.1. The quantitative estimate of drug-likeness (QED) is 0.386. The molecular formula is C26H35NO5. The number of hydrogen-bond donors (Lipinski definition) is 1. The lowest BCUT2D eigenvalue weighted by Crippen LogP contribution is -2.30. The van der Waals surface area contributed by atoms with Gasteiger partial charge in [0.1, 0.15) is 5.75 Å². The van der Waals surface area contributed by atoms with E-state index in [0.717, 1.165) is 43.8 Å². The van der Waals surface area contributed by atoms with E-state index in [0.29, 0.717) is 23.7 Å². The van der Waals surface area contributed by atoms with E-state index >= 15 is 0 Å². The van der Waals surface area contributed by atoms with Crippen LogP contribution in [0.25, 0.3) is 0 Å². The standard InChI is InChI=1S/C26H35NO5/c1-19(28)20-8-11-23(12-9-20)32-16-6-7-22(18-27-14-4-5-15-27)26(29)21-10-13-24(30-2)25(17-21)31-3/h8-13,17,22,26,29H,4-7,14-16,18H2,1-3H3. The minimum atomic E-state index is -0.592. The number of aliphatic hydroxyl groups is 1. The molecule has 1 saturated heterocycles. The molecule has 0 bridgehead atoms. The van der Waals surface area contributed by atoms with Crippen molar-refractivity contribution in [3.05, 3.63) is 53.6 Å². The highest BCUT2D eigenvalue weighted by molar-refractivity contribution is 5.94. The third kappa shape index (κ3) is 6.47. The number of carbonyl (C=O) groups is 1. The average molecular weight is 442 g/mol. The second kappa shape index (κ2) is 11.9. The van der Waals surface area contributed by atoms with Gasteiger partial charge in [0.15, 0.2) is 17.3 Å². The van der Waals surface area contributed by atoms with E-state index in [1.165, 1.54) is 12.8 Å². The van der Waals surface area contributed by atoms with Crippen molar-refractivity contribution in [1.82, 2.24) is 4.90 Å². The van der Waals surface area contributed by atoms with Crippen molar-refractivity contribution in [2.45, 2.75) is 38.7 Å². The van der Waals surface area contributed by atoms with Crippen LogP contribution in [0.2, 0.25) is 0 Å². The molecule has 1 fully saturated rings. The van der Waals surface area contributed by atoms with Gasteiger partial charge in [-0.05, 0) is 87.7 Å². The predicted octanol–water partition coefficient (Wildman–Crippen LogP) is 4.51. The molecule has 2 atom stereocenters. The summed E-state index contributed by atoms with van der Waals surface area (Å²) in [4.78, 5) is 13.8. The molecule has 6 heteroatoms. The Hall–Kier alpha value is -2.57. The number of methoxy groups -OCH3 is 2. The third-order valence-electron chi connectivity index (χ3n) is 6.14. The average Bonchev–Trinajstić information content (AvgIpc) is 3.33. The van der Waals surface area contributed by atoms with E-state index in [9.17, 15) is 9.90 Å². The Labute approximate surface area is 191 Å². The summed E-state index contributed by atoms with van der Waals surface area (Å²) in [7, 11) is 3.22. The summed E-state index contributed by atoms with van der Waals surface area (Å²) in [6.45, 7) is 5.17. The number of ketones is 1. The minimum absolute atomic E-state index is 0.0467. The van der Waals surface area contributed by atoms with Crippen LogP contribution in [0.15, 0.2) is 42.5 Å². The number of hydrogen-bond acceptors (Lipinski definition) is 6. The van der Waals surface area contributed by atoms with Gasteiger partial charge in [-0.25, -0.2) is 0 Å². The van der Waals surface area contributed by atoms with E-state index in [2.05, 4.69) is 4.90 Å². The van der Waals surface area contributed by atoms with Crippen LogP contribution in [0.1, 0.15) is 54.6 Å². The summed E-state index contributed by atoms with van der Waals surface area (Å²) in [6, 6.07) is 12.9. The lowest BCUT2D eigenvalue weighted by atomic mass is 9.91. The van der Waals surface area contributed by atoms with Crippen LogP contribution in [0.4, 0.5) is 0 Å². The van der Waals surface area contributed by atoms with Gasteiger partial charge < -0.3 is 24.2 Å². The number of benzene rings is 2. The fraction of sp³-hybridized carbons (Fsp3) is 0.500. The SMILES string of the molecule is COc1ccc(C(O)C(CCCOc2ccc(C(C)=O)cc2)CN2CCCC2)cc1OC. The molecule has 1 aliphatic heterocycles. The molecule has 0 amide bonds. The fourth-order valence-corrected chi connectivity index (χ4v) is 4.28. The molecule has 0 aliphatic carbocycles. The summed E-state index contributed by atoms with van der Waals surface area (Å²) < 4.78 is 16.6. The van der Waals surface area contributed by atoms with Crippen molar-refractivity contribution in [2.75, 3.05) is 40.5 Å². The maximum Gasteiger partial charge on any atom is 0.161 e. The van der Waals surface area contributed by atoms with Crippen LogP contribution in [-0.4, -0.2) is 56.3 Å². The molecule has 6 nitrogen and oxygen atoms in total. The first-order valence-electron chi connectivity index (χ1n) is 11.4. The second-order valence-corrected chi connectivity index (χ2v) is 8.40. The van der Waals surface area contributed by atoms with Crippen molar-refractivity contribution in [3.8, 4) is 17.2 Å². The number of Topliss-reactive ketones (excluding diaryl/α,β-unsaturated/α-hetero) is 1. The van der Waals surface area contributed by atoms with Crippen LogP contribution in [-0.2, 0) is 0 Å². The van der Waals surface area contributed by atoms with Gasteiger partial charge in [0, 0.05) is 18.0 Å². The molecule has 3 rings (SSSR count). The van der Waals surface area contributed by atoms with Crippen LogP contribution in [0.3, 0.4) is 0 Å². The zero-order chi connectivity index (χ0) is 22.9. The Kier molecular flexibility index (Phi) is 8.94. The van der Waals surface area contributed by atoms with Crippen molar-refractivity contribution >= 4 is 5.78 Å². The van der Waals surface area contributed by atoms with Crippen molar-refractivity contribution in [3.63, 3.8) is 0 Å². The number of rotatable bonds is 12. The molecule has 0 spiro atoms.